The Bertz CT molecular complexity index is 624. The van der Waals surface area contributed by atoms with Crippen molar-refractivity contribution in [2.24, 2.45) is 7.05 Å². The Morgan fingerprint density at radius 2 is 2.26 bits per heavy atom. The average Bonchev–Trinajstić information content (AvgIpc) is 2.84. The summed E-state index contributed by atoms with van der Waals surface area (Å²) in [6.45, 7) is 3.93. The molecule has 7 heteroatoms. The summed E-state index contributed by atoms with van der Waals surface area (Å²) in [5.74, 6) is 0.666. The van der Waals surface area contributed by atoms with E-state index < -0.39 is 5.60 Å². The highest BCUT2D eigenvalue weighted by molar-refractivity contribution is 6.33. The molecule has 0 aromatic carbocycles. The van der Waals surface area contributed by atoms with Crippen LogP contribution in [-0.2, 0) is 13.6 Å². The molecule has 0 amide bonds. The SMILES string of the molecule is Cn1ncc2c(Cl)nc(CN3CCC(C)(O)C3)nc21. The quantitative estimate of drug-likeness (QED) is 0.831. The van der Waals surface area contributed by atoms with Crippen LogP contribution < -0.4 is 0 Å². The van der Waals surface area contributed by atoms with Crippen LogP contribution in [0.25, 0.3) is 11.0 Å². The zero-order valence-electron chi connectivity index (χ0n) is 11.0. The van der Waals surface area contributed by atoms with Crippen LogP contribution in [-0.4, -0.2) is 48.4 Å². The number of β-amino-alcohol motifs (C(OH)–C–C–N with tert-alkyl or cyclic N) is 1. The van der Waals surface area contributed by atoms with Gasteiger partial charge in [-0.3, -0.25) is 9.58 Å². The molecule has 1 N–H and O–H groups in total. The smallest absolute Gasteiger partial charge is 0.162 e. The van der Waals surface area contributed by atoms with Crippen molar-refractivity contribution in [3.05, 3.63) is 17.2 Å². The van der Waals surface area contributed by atoms with Crippen LogP contribution in [0, 0.1) is 0 Å². The monoisotopic (exact) mass is 281 g/mol. The van der Waals surface area contributed by atoms with Gasteiger partial charge in [-0.2, -0.15) is 5.10 Å². The summed E-state index contributed by atoms with van der Waals surface area (Å²) in [5.41, 5.74) is 0.126. The van der Waals surface area contributed by atoms with Gasteiger partial charge in [-0.25, -0.2) is 9.97 Å². The third-order valence-corrected chi connectivity index (χ3v) is 3.78. The van der Waals surface area contributed by atoms with E-state index in [-0.39, 0.29) is 0 Å². The lowest BCUT2D eigenvalue weighted by atomic mass is 10.1. The summed E-state index contributed by atoms with van der Waals surface area (Å²) in [6, 6.07) is 0. The molecule has 1 saturated heterocycles. The van der Waals surface area contributed by atoms with E-state index in [9.17, 15) is 5.11 Å². The summed E-state index contributed by atoms with van der Waals surface area (Å²) in [7, 11) is 1.83. The molecule has 1 aliphatic rings. The normalized spacial score (nSPS) is 24.4. The fourth-order valence-corrected chi connectivity index (χ4v) is 2.71. The van der Waals surface area contributed by atoms with E-state index in [4.69, 9.17) is 11.6 Å². The Kier molecular flexibility index (Phi) is 2.96. The Morgan fingerprint density at radius 1 is 1.47 bits per heavy atom. The summed E-state index contributed by atoms with van der Waals surface area (Å²) in [6.07, 6.45) is 2.44. The summed E-state index contributed by atoms with van der Waals surface area (Å²) in [4.78, 5) is 10.9. The minimum Gasteiger partial charge on any atom is -0.389 e. The molecule has 0 saturated carbocycles. The minimum atomic E-state index is -0.611. The largest absolute Gasteiger partial charge is 0.389 e. The van der Waals surface area contributed by atoms with Crippen LogP contribution in [0.2, 0.25) is 5.15 Å². The number of hydrogen-bond donors (Lipinski definition) is 1. The molecule has 0 bridgehead atoms. The van der Waals surface area contributed by atoms with Crippen LogP contribution in [0.5, 0.6) is 0 Å². The van der Waals surface area contributed by atoms with Gasteiger partial charge in [0.15, 0.2) is 5.65 Å². The van der Waals surface area contributed by atoms with Crippen molar-refractivity contribution in [2.75, 3.05) is 13.1 Å². The van der Waals surface area contributed by atoms with Gasteiger partial charge in [-0.1, -0.05) is 11.6 Å². The fraction of sp³-hybridized carbons (Fsp3) is 0.583. The number of hydrogen-bond acceptors (Lipinski definition) is 5. The van der Waals surface area contributed by atoms with Crippen molar-refractivity contribution in [3.8, 4) is 0 Å². The fourth-order valence-electron chi connectivity index (χ4n) is 2.47. The molecule has 1 fully saturated rings. The van der Waals surface area contributed by atoms with E-state index in [2.05, 4.69) is 20.0 Å². The van der Waals surface area contributed by atoms with E-state index in [1.165, 1.54) is 0 Å². The first-order chi connectivity index (χ1) is 8.94. The molecule has 19 heavy (non-hydrogen) atoms. The lowest BCUT2D eigenvalue weighted by Crippen LogP contribution is -2.29. The number of nitrogens with zero attached hydrogens (tertiary/aromatic N) is 5. The molecule has 3 heterocycles. The third-order valence-electron chi connectivity index (χ3n) is 3.49. The van der Waals surface area contributed by atoms with E-state index in [1.807, 2.05) is 14.0 Å². The zero-order chi connectivity index (χ0) is 13.6. The molecule has 6 nitrogen and oxygen atoms in total. The molecular weight excluding hydrogens is 266 g/mol. The van der Waals surface area contributed by atoms with Gasteiger partial charge >= 0.3 is 0 Å². The maximum atomic E-state index is 9.96. The molecule has 1 aliphatic heterocycles. The lowest BCUT2D eigenvalue weighted by Gasteiger charge is -2.18. The van der Waals surface area contributed by atoms with E-state index in [0.29, 0.717) is 24.1 Å². The second kappa shape index (κ2) is 4.40. The first-order valence-electron chi connectivity index (χ1n) is 6.23. The second-order valence-corrected chi connectivity index (χ2v) is 5.75. The van der Waals surface area contributed by atoms with Crippen molar-refractivity contribution in [1.29, 1.82) is 0 Å². The number of aliphatic hydroxyl groups is 1. The van der Waals surface area contributed by atoms with Crippen LogP contribution in [0.4, 0.5) is 0 Å². The Balaban J connectivity index is 1.87. The summed E-state index contributed by atoms with van der Waals surface area (Å²) < 4.78 is 1.69. The average molecular weight is 282 g/mol. The molecule has 102 valence electrons. The predicted molar refractivity (Wildman–Crippen MR) is 71.8 cm³/mol. The first kappa shape index (κ1) is 12.8. The summed E-state index contributed by atoms with van der Waals surface area (Å²) in [5, 5.41) is 15.3. The van der Waals surface area contributed by atoms with Gasteiger partial charge in [-0.15, -0.1) is 0 Å². The Hall–Kier alpha value is -1.24. The third kappa shape index (κ3) is 2.43. The second-order valence-electron chi connectivity index (χ2n) is 5.39. The highest BCUT2D eigenvalue weighted by Crippen LogP contribution is 2.23. The molecule has 1 unspecified atom stereocenters. The van der Waals surface area contributed by atoms with Gasteiger partial charge in [0, 0.05) is 20.1 Å². The standard InChI is InChI=1S/C12H16ClN5O/c1-12(19)3-4-18(7-12)6-9-15-10(13)8-5-14-17(2)11(8)16-9/h5,19H,3-4,6-7H2,1-2H3. The van der Waals surface area contributed by atoms with Crippen LogP contribution in [0.1, 0.15) is 19.2 Å². The number of rotatable bonds is 2. The molecule has 3 rings (SSSR count). The minimum absolute atomic E-state index is 0.430. The topological polar surface area (TPSA) is 67.1 Å². The van der Waals surface area contributed by atoms with Gasteiger partial charge in [0.1, 0.15) is 11.0 Å². The highest BCUT2D eigenvalue weighted by atomic mass is 35.5. The molecule has 2 aromatic rings. The number of likely N-dealkylation sites (tertiary alicyclic amines) is 1. The number of aromatic nitrogens is 4. The molecular formula is C12H16ClN5O. The van der Waals surface area contributed by atoms with Crippen molar-refractivity contribution in [2.45, 2.75) is 25.5 Å². The van der Waals surface area contributed by atoms with Gasteiger partial charge in [0.2, 0.25) is 0 Å². The molecule has 0 aliphatic carbocycles. The maximum Gasteiger partial charge on any atom is 0.162 e. The number of fused-ring (bicyclic) bond motifs is 1. The Labute approximate surface area is 116 Å². The molecule has 2 aromatic heterocycles. The van der Waals surface area contributed by atoms with Crippen molar-refractivity contribution >= 4 is 22.6 Å². The molecule has 1 atom stereocenters. The van der Waals surface area contributed by atoms with E-state index in [1.54, 1.807) is 10.9 Å². The van der Waals surface area contributed by atoms with Crippen molar-refractivity contribution in [3.63, 3.8) is 0 Å². The van der Waals surface area contributed by atoms with Gasteiger partial charge in [0.25, 0.3) is 0 Å². The zero-order valence-corrected chi connectivity index (χ0v) is 11.7. The van der Waals surface area contributed by atoms with Gasteiger partial charge in [0.05, 0.1) is 23.7 Å². The van der Waals surface area contributed by atoms with E-state index >= 15 is 0 Å². The predicted octanol–water partition coefficient (Wildman–Crippen LogP) is 0.973. The van der Waals surface area contributed by atoms with Crippen LogP contribution >= 0.6 is 11.6 Å². The van der Waals surface area contributed by atoms with Crippen molar-refractivity contribution < 1.29 is 5.11 Å². The summed E-state index contributed by atoms with van der Waals surface area (Å²) >= 11 is 6.14. The highest BCUT2D eigenvalue weighted by Gasteiger charge is 2.31. The van der Waals surface area contributed by atoms with E-state index in [0.717, 1.165) is 24.0 Å². The van der Waals surface area contributed by atoms with Crippen molar-refractivity contribution in [1.82, 2.24) is 24.6 Å². The molecule has 0 spiro atoms. The lowest BCUT2D eigenvalue weighted by molar-refractivity contribution is 0.0676. The van der Waals surface area contributed by atoms with Gasteiger partial charge in [-0.05, 0) is 13.3 Å². The number of halogens is 1. The Morgan fingerprint density at radius 3 is 2.95 bits per heavy atom. The van der Waals surface area contributed by atoms with Crippen LogP contribution in [0.3, 0.4) is 0 Å². The maximum absolute atomic E-state index is 9.96. The van der Waals surface area contributed by atoms with Gasteiger partial charge < -0.3 is 5.11 Å². The van der Waals surface area contributed by atoms with Crippen LogP contribution in [0.15, 0.2) is 6.20 Å². The molecule has 0 radical (unpaired) electrons. The number of aryl methyl sites for hydroxylation is 1. The first-order valence-corrected chi connectivity index (χ1v) is 6.61.